The highest BCUT2D eigenvalue weighted by Gasteiger charge is 2.12. The second-order valence-electron chi connectivity index (χ2n) is 5.96. The lowest BCUT2D eigenvalue weighted by molar-refractivity contribution is 0.566. The summed E-state index contributed by atoms with van der Waals surface area (Å²) < 4.78 is 1.89. The van der Waals surface area contributed by atoms with Gasteiger partial charge in [0, 0.05) is 36.3 Å². The summed E-state index contributed by atoms with van der Waals surface area (Å²) in [5.74, 6) is 0.477. The lowest BCUT2D eigenvalue weighted by atomic mass is 10.1. The quantitative estimate of drug-likeness (QED) is 0.546. The van der Waals surface area contributed by atoms with Crippen LogP contribution in [0.4, 0.5) is 5.82 Å². The lowest BCUT2D eigenvalue weighted by Crippen LogP contribution is -1.97. The first kappa shape index (κ1) is 15.1. The first-order chi connectivity index (χ1) is 12.3. The maximum atomic E-state index is 8.62. The van der Waals surface area contributed by atoms with E-state index in [0.29, 0.717) is 12.2 Å². The summed E-state index contributed by atoms with van der Waals surface area (Å²) in [6, 6.07) is 10.1. The highest BCUT2D eigenvalue weighted by atomic mass is 15.3. The van der Waals surface area contributed by atoms with E-state index in [2.05, 4.69) is 26.3 Å². The van der Waals surface area contributed by atoms with Gasteiger partial charge >= 0.3 is 0 Å². The summed E-state index contributed by atoms with van der Waals surface area (Å²) in [6.45, 7) is 0.767. The molecule has 124 valence electrons. The number of aromatic amines is 1. The Hall–Kier alpha value is -3.40. The Morgan fingerprint density at radius 3 is 2.92 bits per heavy atom. The van der Waals surface area contributed by atoms with E-state index in [1.54, 1.807) is 6.20 Å². The zero-order valence-corrected chi connectivity index (χ0v) is 13.6. The van der Waals surface area contributed by atoms with Crippen LogP contribution in [0.5, 0.6) is 0 Å². The van der Waals surface area contributed by atoms with Gasteiger partial charge < -0.3 is 5.73 Å². The Labute approximate surface area is 144 Å². The van der Waals surface area contributed by atoms with Gasteiger partial charge in [0.15, 0.2) is 0 Å². The van der Waals surface area contributed by atoms with E-state index in [1.165, 1.54) is 0 Å². The number of nitrogens with one attached hydrogen (secondary N) is 1. The summed E-state index contributed by atoms with van der Waals surface area (Å²) in [5, 5.41) is 22.2. The molecule has 0 unspecified atom stereocenters. The fraction of sp³-hybridized carbons (Fsp3) is 0.222. The van der Waals surface area contributed by atoms with E-state index in [9.17, 15) is 0 Å². The van der Waals surface area contributed by atoms with Gasteiger partial charge in [0.05, 0.1) is 22.7 Å². The average Bonchev–Trinajstić information content (AvgIpc) is 3.28. The molecule has 0 spiro atoms. The minimum absolute atomic E-state index is 0.477. The summed E-state index contributed by atoms with van der Waals surface area (Å²) in [7, 11) is 0. The Balaban J connectivity index is 1.75. The Morgan fingerprint density at radius 2 is 2.12 bits per heavy atom. The van der Waals surface area contributed by atoms with Crippen molar-refractivity contribution in [3.05, 3.63) is 36.7 Å². The van der Waals surface area contributed by atoms with E-state index in [4.69, 9.17) is 11.0 Å². The van der Waals surface area contributed by atoms with Crippen molar-refractivity contribution in [2.45, 2.75) is 25.8 Å². The number of nitrogen functional groups attached to an aromatic ring is 1. The second kappa shape index (κ2) is 6.24. The van der Waals surface area contributed by atoms with Crippen LogP contribution in [0.2, 0.25) is 0 Å². The molecule has 4 rings (SSSR count). The van der Waals surface area contributed by atoms with Crippen LogP contribution >= 0.6 is 0 Å². The molecule has 0 amide bonds. The molecule has 0 fully saturated rings. The number of pyridine rings is 1. The fourth-order valence-electron chi connectivity index (χ4n) is 2.99. The number of H-pyrrole nitrogens is 1. The van der Waals surface area contributed by atoms with Crippen molar-refractivity contribution >= 4 is 27.6 Å². The molecule has 0 aliphatic carbocycles. The normalized spacial score (nSPS) is 11.2. The van der Waals surface area contributed by atoms with Crippen molar-refractivity contribution in [1.29, 1.82) is 5.26 Å². The number of hydrogen-bond acceptors (Lipinski definition) is 5. The third kappa shape index (κ3) is 2.78. The lowest BCUT2D eigenvalue weighted by Gasteiger charge is -2.03. The van der Waals surface area contributed by atoms with Crippen molar-refractivity contribution in [3.63, 3.8) is 0 Å². The molecule has 0 atom stereocenters. The number of nitrogens with two attached hydrogens (primary N) is 1. The molecule has 3 N–H and O–H groups in total. The third-order valence-electron chi connectivity index (χ3n) is 4.25. The van der Waals surface area contributed by atoms with Gasteiger partial charge in [-0.25, -0.2) is 4.98 Å². The molecule has 25 heavy (non-hydrogen) atoms. The van der Waals surface area contributed by atoms with Gasteiger partial charge in [-0.2, -0.15) is 15.5 Å². The summed E-state index contributed by atoms with van der Waals surface area (Å²) in [5.41, 5.74) is 9.66. The zero-order chi connectivity index (χ0) is 17.2. The molecule has 0 aliphatic rings. The van der Waals surface area contributed by atoms with Gasteiger partial charge in [0.25, 0.3) is 0 Å². The topological polar surface area (TPSA) is 109 Å². The SMILES string of the molecule is N#CCCCCn1cc2c(N)nc3cc(-c4cc[nH]n4)ccc3c2n1. The molecule has 3 heterocycles. The van der Waals surface area contributed by atoms with Crippen LogP contribution in [0, 0.1) is 11.3 Å². The van der Waals surface area contributed by atoms with Crippen LogP contribution in [0.1, 0.15) is 19.3 Å². The van der Waals surface area contributed by atoms with Crippen molar-refractivity contribution in [2.24, 2.45) is 0 Å². The third-order valence-corrected chi connectivity index (χ3v) is 4.25. The number of nitriles is 1. The molecule has 4 aromatic rings. The maximum absolute atomic E-state index is 8.62. The highest BCUT2D eigenvalue weighted by Crippen LogP contribution is 2.29. The number of unbranched alkanes of at least 4 members (excludes halogenated alkanes) is 2. The van der Waals surface area contributed by atoms with Gasteiger partial charge in [-0.1, -0.05) is 6.07 Å². The van der Waals surface area contributed by atoms with Crippen molar-refractivity contribution in [1.82, 2.24) is 25.0 Å². The number of hydrogen-bond donors (Lipinski definition) is 2. The summed E-state index contributed by atoms with van der Waals surface area (Å²) in [6.07, 6.45) is 6.08. The number of benzene rings is 1. The minimum atomic E-state index is 0.477. The molecular weight excluding hydrogens is 314 g/mol. The number of fused-ring (bicyclic) bond motifs is 3. The van der Waals surface area contributed by atoms with Crippen LogP contribution in [-0.2, 0) is 6.54 Å². The monoisotopic (exact) mass is 331 g/mol. The standard InChI is InChI=1S/C18H17N7/c19-7-2-1-3-9-25-11-14-17(24-25)13-5-4-12(15-6-8-21-23-15)10-16(13)22-18(14)20/h4-6,8,10-11H,1-3,9H2,(H2,20,22)(H,21,23). The van der Waals surface area contributed by atoms with Crippen LogP contribution in [0.3, 0.4) is 0 Å². The molecule has 7 heteroatoms. The Morgan fingerprint density at radius 1 is 1.20 bits per heavy atom. The fourth-order valence-corrected chi connectivity index (χ4v) is 2.99. The van der Waals surface area contributed by atoms with Crippen LogP contribution in [0.25, 0.3) is 33.1 Å². The molecule has 3 aromatic heterocycles. The molecule has 1 aromatic carbocycles. The van der Waals surface area contributed by atoms with Gasteiger partial charge in [0.1, 0.15) is 11.3 Å². The van der Waals surface area contributed by atoms with E-state index < -0.39 is 0 Å². The molecule has 0 saturated heterocycles. The van der Waals surface area contributed by atoms with Gasteiger partial charge in [0.2, 0.25) is 0 Å². The summed E-state index contributed by atoms with van der Waals surface area (Å²) in [4.78, 5) is 4.54. The predicted octanol–water partition coefficient (Wildman–Crippen LogP) is 3.25. The van der Waals surface area contributed by atoms with E-state index in [0.717, 1.165) is 52.4 Å². The summed E-state index contributed by atoms with van der Waals surface area (Å²) >= 11 is 0. The zero-order valence-electron chi connectivity index (χ0n) is 13.6. The molecular formula is C18H17N7. The van der Waals surface area contributed by atoms with E-state index in [1.807, 2.05) is 35.1 Å². The highest BCUT2D eigenvalue weighted by molar-refractivity contribution is 6.08. The first-order valence-electron chi connectivity index (χ1n) is 8.20. The number of aryl methyl sites for hydroxylation is 1. The van der Waals surface area contributed by atoms with Crippen molar-refractivity contribution < 1.29 is 0 Å². The van der Waals surface area contributed by atoms with Gasteiger partial charge in [-0.15, -0.1) is 0 Å². The van der Waals surface area contributed by atoms with Crippen molar-refractivity contribution in [3.8, 4) is 17.3 Å². The molecule has 7 nitrogen and oxygen atoms in total. The van der Waals surface area contributed by atoms with Crippen LogP contribution in [0.15, 0.2) is 36.7 Å². The van der Waals surface area contributed by atoms with E-state index >= 15 is 0 Å². The Bertz CT molecular complexity index is 1070. The molecule has 0 radical (unpaired) electrons. The first-order valence-corrected chi connectivity index (χ1v) is 8.20. The minimum Gasteiger partial charge on any atom is -0.383 e. The number of nitrogens with zero attached hydrogens (tertiary/aromatic N) is 5. The average molecular weight is 331 g/mol. The predicted molar refractivity (Wildman–Crippen MR) is 96.5 cm³/mol. The number of anilines is 1. The van der Waals surface area contributed by atoms with Crippen molar-refractivity contribution in [2.75, 3.05) is 5.73 Å². The van der Waals surface area contributed by atoms with Crippen LogP contribution in [-0.4, -0.2) is 25.0 Å². The molecule has 0 saturated carbocycles. The largest absolute Gasteiger partial charge is 0.383 e. The molecule has 0 aliphatic heterocycles. The smallest absolute Gasteiger partial charge is 0.135 e. The maximum Gasteiger partial charge on any atom is 0.135 e. The van der Waals surface area contributed by atoms with E-state index in [-0.39, 0.29) is 0 Å². The van der Waals surface area contributed by atoms with Gasteiger partial charge in [-0.05, 0) is 31.0 Å². The van der Waals surface area contributed by atoms with Gasteiger partial charge in [-0.3, -0.25) is 9.78 Å². The molecule has 0 bridgehead atoms. The number of rotatable bonds is 5. The second-order valence-corrected chi connectivity index (χ2v) is 5.96. The Kier molecular flexibility index (Phi) is 3.78. The van der Waals surface area contributed by atoms with Crippen LogP contribution < -0.4 is 5.73 Å². The number of aromatic nitrogens is 5.